The van der Waals surface area contributed by atoms with Gasteiger partial charge in [0.2, 0.25) is 5.89 Å². The SMILES string of the molecule is Cc1cc(C)cc(C(=O)NC(=S)Nc2ccc3oc(-c4ccc(Cl)c(Cl)c4)nc3c2)c1. The van der Waals surface area contributed by atoms with Crippen LogP contribution in [0.4, 0.5) is 5.69 Å². The lowest BCUT2D eigenvalue weighted by molar-refractivity contribution is 0.0977. The van der Waals surface area contributed by atoms with Crippen LogP contribution in [0, 0.1) is 13.8 Å². The minimum atomic E-state index is -0.270. The van der Waals surface area contributed by atoms with Crippen molar-refractivity contribution in [2.75, 3.05) is 5.32 Å². The monoisotopic (exact) mass is 469 g/mol. The zero-order valence-electron chi connectivity index (χ0n) is 16.6. The van der Waals surface area contributed by atoms with Crippen LogP contribution in [0.1, 0.15) is 21.5 Å². The van der Waals surface area contributed by atoms with E-state index in [-0.39, 0.29) is 11.0 Å². The molecule has 31 heavy (non-hydrogen) atoms. The van der Waals surface area contributed by atoms with Crippen molar-refractivity contribution in [1.82, 2.24) is 10.3 Å². The van der Waals surface area contributed by atoms with Gasteiger partial charge < -0.3 is 9.73 Å². The number of thiocarbonyl (C=S) groups is 1. The number of nitrogens with one attached hydrogen (secondary N) is 2. The van der Waals surface area contributed by atoms with Crippen molar-refractivity contribution >= 4 is 63.2 Å². The Hall–Kier alpha value is -2.93. The molecule has 5 nitrogen and oxygen atoms in total. The van der Waals surface area contributed by atoms with E-state index in [1.807, 2.05) is 32.0 Å². The Morgan fingerprint density at radius 1 is 0.968 bits per heavy atom. The molecule has 156 valence electrons. The second-order valence-corrected chi connectivity index (χ2v) is 8.34. The van der Waals surface area contributed by atoms with E-state index in [2.05, 4.69) is 15.6 Å². The Morgan fingerprint density at radius 2 is 1.71 bits per heavy atom. The molecule has 0 radical (unpaired) electrons. The van der Waals surface area contributed by atoms with Gasteiger partial charge in [0, 0.05) is 16.8 Å². The summed E-state index contributed by atoms with van der Waals surface area (Å²) in [7, 11) is 0. The quantitative estimate of drug-likeness (QED) is 0.333. The van der Waals surface area contributed by atoms with E-state index in [4.69, 9.17) is 39.8 Å². The number of amides is 1. The fraction of sp³-hybridized carbons (Fsp3) is 0.0870. The number of aromatic nitrogens is 1. The van der Waals surface area contributed by atoms with Crippen LogP contribution in [-0.2, 0) is 0 Å². The van der Waals surface area contributed by atoms with E-state index in [9.17, 15) is 4.79 Å². The molecule has 1 aromatic heterocycles. The van der Waals surface area contributed by atoms with Gasteiger partial charge in [0.25, 0.3) is 5.91 Å². The molecule has 4 rings (SSSR count). The Kier molecular flexibility index (Phi) is 5.96. The maximum Gasteiger partial charge on any atom is 0.257 e. The van der Waals surface area contributed by atoms with Crippen LogP contribution in [0.25, 0.3) is 22.6 Å². The number of anilines is 1. The summed E-state index contributed by atoms with van der Waals surface area (Å²) in [5, 5.41) is 6.79. The third-order valence-electron chi connectivity index (χ3n) is 4.52. The summed E-state index contributed by atoms with van der Waals surface area (Å²) < 4.78 is 5.81. The van der Waals surface area contributed by atoms with Gasteiger partial charge in [-0.15, -0.1) is 0 Å². The number of hydrogen-bond donors (Lipinski definition) is 2. The molecule has 2 N–H and O–H groups in total. The van der Waals surface area contributed by atoms with Crippen LogP contribution in [-0.4, -0.2) is 16.0 Å². The van der Waals surface area contributed by atoms with Crippen molar-refractivity contribution in [3.05, 3.63) is 81.3 Å². The highest BCUT2D eigenvalue weighted by Gasteiger charge is 2.12. The fourth-order valence-electron chi connectivity index (χ4n) is 3.20. The summed E-state index contributed by atoms with van der Waals surface area (Å²) >= 11 is 17.4. The zero-order valence-corrected chi connectivity index (χ0v) is 19.0. The largest absolute Gasteiger partial charge is 0.436 e. The minimum absolute atomic E-state index is 0.191. The first kappa shape index (κ1) is 21.3. The van der Waals surface area contributed by atoms with Gasteiger partial charge in [-0.05, 0) is 74.6 Å². The summed E-state index contributed by atoms with van der Waals surface area (Å²) in [6.07, 6.45) is 0. The molecular weight excluding hydrogens is 453 g/mol. The van der Waals surface area contributed by atoms with Gasteiger partial charge in [-0.1, -0.05) is 40.4 Å². The van der Waals surface area contributed by atoms with E-state index >= 15 is 0 Å². The van der Waals surface area contributed by atoms with Crippen LogP contribution >= 0.6 is 35.4 Å². The molecule has 0 aliphatic carbocycles. The number of benzene rings is 3. The highest BCUT2D eigenvalue weighted by molar-refractivity contribution is 7.80. The van der Waals surface area contributed by atoms with Crippen LogP contribution in [0.15, 0.2) is 59.0 Å². The highest BCUT2D eigenvalue weighted by Crippen LogP contribution is 2.30. The molecule has 0 fully saturated rings. The van der Waals surface area contributed by atoms with Crippen LogP contribution < -0.4 is 10.6 Å². The predicted octanol–water partition coefficient (Wildman–Crippen LogP) is 6.55. The summed E-state index contributed by atoms with van der Waals surface area (Å²) in [4.78, 5) is 17.0. The molecule has 0 saturated carbocycles. The lowest BCUT2D eigenvalue weighted by Gasteiger charge is -2.10. The first-order valence-corrected chi connectivity index (χ1v) is 10.5. The Bertz CT molecular complexity index is 1310. The standard InChI is InChI=1S/C23H17Cl2N3O2S/c1-12-7-13(2)9-15(8-12)21(29)28-23(31)26-16-4-6-20-19(11-16)27-22(30-20)14-3-5-17(24)18(25)10-14/h3-11H,1-2H3,(H2,26,28,29,31). The molecule has 0 atom stereocenters. The number of halogens is 2. The number of nitrogens with zero attached hydrogens (tertiary/aromatic N) is 1. The molecule has 8 heteroatoms. The third-order valence-corrected chi connectivity index (χ3v) is 5.47. The maximum absolute atomic E-state index is 12.5. The summed E-state index contributed by atoms with van der Waals surface area (Å²) in [6, 6.07) is 16.2. The Balaban J connectivity index is 1.50. The van der Waals surface area contributed by atoms with Gasteiger partial charge in [-0.2, -0.15) is 0 Å². The first-order valence-electron chi connectivity index (χ1n) is 9.35. The number of carbonyl (C=O) groups excluding carboxylic acids is 1. The Labute approximate surface area is 194 Å². The van der Waals surface area contributed by atoms with Crippen LogP contribution in [0.5, 0.6) is 0 Å². The van der Waals surface area contributed by atoms with Crippen molar-refractivity contribution < 1.29 is 9.21 Å². The number of oxazole rings is 1. The second-order valence-electron chi connectivity index (χ2n) is 7.12. The summed E-state index contributed by atoms with van der Waals surface area (Å²) in [5.41, 5.74) is 5.21. The molecule has 0 saturated heterocycles. The normalized spacial score (nSPS) is 10.8. The number of carbonyl (C=O) groups is 1. The van der Waals surface area contributed by atoms with Gasteiger partial charge >= 0.3 is 0 Å². The smallest absolute Gasteiger partial charge is 0.257 e. The molecule has 0 unspecified atom stereocenters. The van der Waals surface area contributed by atoms with Crippen molar-refractivity contribution in [2.24, 2.45) is 0 Å². The summed E-state index contributed by atoms with van der Waals surface area (Å²) in [5.74, 6) is 0.158. The second kappa shape index (κ2) is 8.67. The summed E-state index contributed by atoms with van der Waals surface area (Å²) in [6.45, 7) is 3.89. The lowest BCUT2D eigenvalue weighted by atomic mass is 10.1. The third kappa shape index (κ3) is 4.88. The molecule has 1 heterocycles. The van der Waals surface area contributed by atoms with Crippen molar-refractivity contribution in [2.45, 2.75) is 13.8 Å². The van der Waals surface area contributed by atoms with Gasteiger partial charge in [-0.3, -0.25) is 10.1 Å². The number of hydrogen-bond acceptors (Lipinski definition) is 4. The Morgan fingerprint density at radius 3 is 2.42 bits per heavy atom. The van der Waals surface area contributed by atoms with Crippen LogP contribution in [0.3, 0.4) is 0 Å². The zero-order chi connectivity index (χ0) is 22.1. The molecule has 1 amide bonds. The number of fused-ring (bicyclic) bond motifs is 1. The average molecular weight is 470 g/mol. The van der Waals surface area contributed by atoms with Crippen molar-refractivity contribution in [1.29, 1.82) is 0 Å². The van der Waals surface area contributed by atoms with Gasteiger partial charge in [0.1, 0.15) is 5.52 Å². The molecule has 0 aliphatic rings. The number of rotatable bonds is 3. The average Bonchev–Trinajstić information content (AvgIpc) is 3.12. The molecule has 3 aromatic carbocycles. The highest BCUT2D eigenvalue weighted by atomic mass is 35.5. The molecule has 4 aromatic rings. The lowest BCUT2D eigenvalue weighted by Crippen LogP contribution is -2.34. The first-order chi connectivity index (χ1) is 14.8. The van der Waals surface area contributed by atoms with Crippen LogP contribution in [0.2, 0.25) is 10.0 Å². The topological polar surface area (TPSA) is 67.2 Å². The predicted molar refractivity (Wildman–Crippen MR) is 129 cm³/mol. The van der Waals surface area contributed by atoms with Crippen molar-refractivity contribution in [3.63, 3.8) is 0 Å². The molecule has 0 bridgehead atoms. The van der Waals surface area contributed by atoms with E-state index in [0.717, 1.165) is 16.7 Å². The maximum atomic E-state index is 12.5. The van der Waals surface area contributed by atoms with Gasteiger partial charge in [0.05, 0.1) is 10.0 Å². The molecule has 0 aliphatic heterocycles. The molecular formula is C23H17Cl2N3O2S. The van der Waals surface area contributed by atoms with Gasteiger partial charge in [0.15, 0.2) is 10.7 Å². The van der Waals surface area contributed by atoms with E-state index in [1.54, 1.807) is 36.4 Å². The minimum Gasteiger partial charge on any atom is -0.436 e. The number of aryl methyl sites for hydroxylation is 2. The molecule has 0 spiro atoms. The van der Waals surface area contributed by atoms with E-state index < -0.39 is 0 Å². The fourth-order valence-corrected chi connectivity index (χ4v) is 3.71. The van der Waals surface area contributed by atoms with Crippen molar-refractivity contribution in [3.8, 4) is 11.5 Å². The van der Waals surface area contributed by atoms with Gasteiger partial charge in [-0.25, -0.2) is 4.98 Å². The van der Waals surface area contributed by atoms with E-state index in [0.29, 0.717) is 38.3 Å². The van der Waals surface area contributed by atoms with E-state index in [1.165, 1.54) is 0 Å².